The van der Waals surface area contributed by atoms with E-state index in [1.807, 2.05) is 69.0 Å². The van der Waals surface area contributed by atoms with Crippen molar-refractivity contribution < 1.29 is 9.90 Å². The van der Waals surface area contributed by atoms with Gasteiger partial charge in [-0.25, -0.2) is 19.1 Å². The van der Waals surface area contributed by atoms with Crippen molar-refractivity contribution in [2.75, 3.05) is 24.5 Å². The minimum absolute atomic E-state index is 0.0275. The molecule has 214 valence electrons. The summed E-state index contributed by atoms with van der Waals surface area (Å²) in [6.45, 7) is 8.85. The summed E-state index contributed by atoms with van der Waals surface area (Å²) in [5.74, 6) is 0.452. The molecule has 42 heavy (non-hydrogen) atoms. The Morgan fingerprint density at radius 2 is 1.86 bits per heavy atom. The van der Waals surface area contributed by atoms with Crippen LogP contribution in [0.1, 0.15) is 37.9 Å². The normalized spacial score (nSPS) is 15.6. The Kier molecular flexibility index (Phi) is 7.02. The van der Waals surface area contributed by atoms with Gasteiger partial charge in [0.05, 0.1) is 33.0 Å². The molecular weight excluding hydrogens is 554 g/mol. The third kappa shape index (κ3) is 4.61. The molecule has 0 saturated carbocycles. The van der Waals surface area contributed by atoms with Gasteiger partial charge in [-0.05, 0) is 43.5 Å². The highest BCUT2D eigenvalue weighted by Crippen LogP contribution is 2.37. The molecule has 1 unspecified atom stereocenters. The summed E-state index contributed by atoms with van der Waals surface area (Å²) < 4.78 is 1.53. The molecule has 0 radical (unpaired) electrons. The summed E-state index contributed by atoms with van der Waals surface area (Å²) in [5.41, 5.74) is 4.13. The summed E-state index contributed by atoms with van der Waals surface area (Å²) >= 11 is 6.98. The third-order valence-electron chi connectivity index (χ3n) is 7.78. The number of rotatable bonds is 4. The Hall–Kier alpha value is -4.57. The quantitative estimate of drug-likeness (QED) is 0.288. The Morgan fingerprint density at radius 1 is 1.07 bits per heavy atom. The number of hydrogen-bond donors (Lipinski definition) is 1. The molecule has 1 atom stereocenters. The lowest BCUT2D eigenvalue weighted by atomic mass is 10.0. The van der Waals surface area contributed by atoms with Crippen LogP contribution in [0, 0.1) is 6.92 Å². The summed E-state index contributed by atoms with van der Waals surface area (Å²) in [4.78, 5) is 47.9. The van der Waals surface area contributed by atoms with Crippen molar-refractivity contribution in [2.24, 2.45) is 0 Å². The molecule has 11 heteroatoms. The second-order valence-corrected chi connectivity index (χ2v) is 11.3. The fraction of sp³-hybridized carbons (Fsp3) is 0.290. The first-order valence-electron chi connectivity index (χ1n) is 13.8. The predicted molar refractivity (Wildman–Crippen MR) is 164 cm³/mol. The van der Waals surface area contributed by atoms with Crippen molar-refractivity contribution >= 4 is 45.4 Å². The van der Waals surface area contributed by atoms with Crippen LogP contribution in [0.3, 0.4) is 0 Å². The standard InChI is InChI=1S/C31H30ClN7O3/c1-17(2)24-27(18(3)10-12-34-24)39-29-22(28(36-30(39)40)38-14-13-37(31(41)42)16-19(38)4)15-23(32)26(35-29)21-9-5-7-20-8-6-11-33-25(20)21/h5-12,15,17,19H,13-14,16H2,1-4H3,(H,41,42). The number of carbonyl (C=O) groups is 1. The van der Waals surface area contributed by atoms with Gasteiger partial charge < -0.3 is 14.9 Å². The van der Waals surface area contributed by atoms with Crippen LogP contribution >= 0.6 is 11.6 Å². The predicted octanol–water partition coefficient (Wildman–Crippen LogP) is 5.66. The fourth-order valence-corrected chi connectivity index (χ4v) is 5.99. The van der Waals surface area contributed by atoms with Gasteiger partial charge in [-0.2, -0.15) is 4.98 Å². The van der Waals surface area contributed by atoms with Crippen LogP contribution in [-0.4, -0.2) is 66.3 Å². The highest BCUT2D eigenvalue weighted by Gasteiger charge is 2.31. The molecule has 1 aliphatic rings. The largest absolute Gasteiger partial charge is 0.465 e. The van der Waals surface area contributed by atoms with Gasteiger partial charge in [0, 0.05) is 49.0 Å². The average Bonchev–Trinajstić information content (AvgIpc) is 2.97. The highest BCUT2D eigenvalue weighted by atomic mass is 35.5. The monoisotopic (exact) mass is 583 g/mol. The fourth-order valence-electron chi connectivity index (χ4n) is 5.74. The van der Waals surface area contributed by atoms with E-state index in [0.717, 1.165) is 27.7 Å². The van der Waals surface area contributed by atoms with E-state index in [9.17, 15) is 14.7 Å². The van der Waals surface area contributed by atoms with Crippen molar-refractivity contribution in [3.63, 3.8) is 0 Å². The molecule has 5 heterocycles. The number of nitrogens with zero attached hydrogens (tertiary/aromatic N) is 7. The van der Waals surface area contributed by atoms with Crippen molar-refractivity contribution in [3.05, 3.63) is 81.6 Å². The summed E-state index contributed by atoms with van der Waals surface area (Å²) in [5, 5.41) is 11.5. The smallest absolute Gasteiger partial charge is 0.407 e. The highest BCUT2D eigenvalue weighted by molar-refractivity contribution is 6.34. The second-order valence-electron chi connectivity index (χ2n) is 10.9. The molecule has 0 spiro atoms. The first kappa shape index (κ1) is 27.6. The molecule has 4 aromatic heterocycles. The Morgan fingerprint density at radius 3 is 2.60 bits per heavy atom. The third-order valence-corrected chi connectivity index (χ3v) is 8.07. The van der Waals surface area contributed by atoms with Gasteiger partial charge in [-0.1, -0.05) is 49.7 Å². The molecule has 0 aliphatic carbocycles. The minimum Gasteiger partial charge on any atom is -0.465 e. The maximum Gasteiger partial charge on any atom is 0.407 e. The zero-order valence-electron chi connectivity index (χ0n) is 23.7. The first-order chi connectivity index (χ1) is 20.2. The van der Waals surface area contributed by atoms with Crippen LogP contribution in [0.15, 0.2) is 59.7 Å². The molecule has 0 bridgehead atoms. The summed E-state index contributed by atoms with van der Waals surface area (Å²) in [7, 11) is 0. The molecular formula is C31H30ClN7O3. The maximum absolute atomic E-state index is 14.1. The molecule has 1 aromatic carbocycles. The van der Waals surface area contributed by atoms with E-state index in [-0.39, 0.29) is 25.0 Å². The topological polar surface area (TPSA) is 117 Å². The second kappa shape index (κ2) is 10.7. The van der Waals surface area contributed by atoms with E-state index >= 15 is 0 Å². The summed E-state index contributed by atoms with van der Waals surface area (Å²) in [6, 6.07) is 13.1. The Balaban J connectivity index is 1.68. The molecule has 6 rings (SSSR count). The van der Waals surface area contributed by atoms with Gasteiger partial charge in [0.25, 0.3) is 0 Å². The number of hydrogen-bond acceptors (Lipinski definition) is 7. The van der Waals surface area contributed by atoms with Gasteiger partial charge in [0.2, 0.25) is 0 Å². The number of pyridine rings is 3. The molecule has 1 N–H and O–H groups in total. The molecule has 10 nitrogen and oxygen atoms in total. The first-order valence-corrected chi connectivity index (χ1v) is 14.2. The summed E-state index contributed by atoms with van der Waals surface area (Å²) in [6.07, 6.45) is 2.50. The van der Waals surface area contributed by atoms with E-state index in [2.05, 4.69) is 15.0 Å². The van der Waals surface area contributed by atoms with Gasteiger partial charge in [0.1, 0.15) is 5.82 Å². The lowest BCUT2D eigenvalue weighted by Crippen LogP contribution is -2.54. The van der Waals surface area contributed by atoms with Crippen molar-refractivity contribution in [1.82, 2.24) is 29.4 Å². The number of aromatic nitrogens is 5. The number of amides is 1. The minimum atomic E-state index is -0.971. The van der Waals surface area contributed by atoms with Gasteiger partial charge in [-0.15, -0.1) is 0 Å². The Bertz CT molecular complexity index is 1920. The SMILES string of the molecule is Cc1ccnc(C(C)C)c1-n1c(=O)nc(N2CCN(C(=O)O)CC2C)c2cc(Cl)c(-c3cccc4cccnc34)nc21. The molecule has 1 saturated heterocycles. The van der Waals surface area contributed by atoms with E-state index < -0.39 is 11.8 Å². The molecule has 1 amide bonds. The van der Waals surface area contributed by atoms with Crippen molar-refractivity contribution in [3.8, 4) is 16.9 Å². The van der Waals surface area contributed by atoms with Gasteiger partial charge >= 0.3 is 11.8 Å². The Labute approximate surface area is 247 Å². The van der Waals surface area contributed by atoms with Gasteiger partial charge in [0.15, 0.2) is 5.65 Å². The van der Waals surface area contributed by atoms with Crippen molar-refractivity contribution in [1.29, 1.82) is 0 Å². The zero-order valence-corrected chi connectivity index (χ0v) is 24.5. The van der Waals surface area contributed by atoms with Crippen molar-refractivity contribution in [2.45, 2.75) is 39.7 Å². The lowest BCUT2D eigenvalue weighted by molar-refractivity contribution is 0.136. The number of fused-ring (bicyclic) bond motifs is 2. The molecule has 1 aliphatic heterocycles. The van der Waals surface area contributed by atoms with Crippen LogP contribution < -0.4 is 10.6 Å². The lowest BCUT2D eigenvalue weighted by Gasteiger charge is -2.39. The van der Waals surface area contributed by atoms with Crippen LogP contribution in [0.4, 0.5) is 10.6 Å². The van der Waals surface area contributed by atoms with E-state index in [1.54, 1.807) is 18.5 Å². The van der Waals surface area contributed by atoms with E-state index in [1.165, 1.54) is 9.47 Å². The van der Waals surface area contributed by atoms with Crippen LogP contribution in [-0.2, 0) is 0 Å². The average molecular weight is 584 g/mol. The van der Waals surface area contributed by atoms with E-state index in [4.69, 9.17) is 16.6 Å². The number of anilines is 1. The van der Waals surface area contributed by atoms with E-state index in [0.29, 0.717) is 39.8 Å². The zero-order chi connectivity index (χ0) is 29.7. The molecule has 1 fully saturated rings. The molecule has 5 aromatic rings. The number of halogens is 1. The van der Waals surface area contributed by atoms with Crippen LogP contribution in [0.25, 0.3) is 38.9 Å². The number of aryl methyl sites for hydroxylation is 1. The van der Waals surface area contributed by atoms with Gasteiger partial charge in [-0.3, -0.25) is 9.97 Å². The number of piperazine rings is 1. The number of benzene rings is 1. The number of para-hydroxylation sites is 1. The van der Waals surface area contributed by atoms with Crippen LogP contribution in [0.5, 0.6) is 0 Å². The van der Waals surface area contributed by atoms with Crippen LogP contribution in [0.2, 0.25) is 5.02 Å². The maximum atomic E-state index is 14.1. The number of carboxylic acid groups (broad SMARTS) is 1.